The lowest BCUT2D eigenvalue weighted by molar-refractivity contribution is -0.146. The third-order valence-electron chi connectivity index (χ3n) is 4.03. The lowest BCUT2D eigenvalue weighted by atomic mass is 9.91. The van der Waals surface area contributed by atoms with Crippen molar-refractivity contribution in [3.8, 4) is 0 Å². The minimum atomic E-state index is -0.819. The molecule has 3 nitrogen and oxygen atoms in total. The van der Waals surface area contributed by atoms with Crippen molar-refractivity contribution in [3.63, 3.8) is 0 Å². The van der Waals surface area contributed by atoms with Crippen LogP contribution >= 0.6 is 15.9 Å². The number of aryl methyl sites for hydroxylation is 1. The van der Waals surface area contributed by atoms with Gasteiger partial charge in [0.2, 0.25) is 0 Å². The Morgan fingerprint density at radius 3 is 2.28 bits per heavy atom. The predicted octanol–water partition coefficient (Wildman–Crippen LogP) is 5.14. The molecule has 25 heavy (non-hydrogen) atoms. The molecular formula is C21H23BrO3. The van der Waals surface area contributed by atoms with Gasteiger partial charge in [-0.15, -0.1) is 0 Å². The summed E-state index contributed by atoms with van der Waals surface area (Å²) in [5.74, 6) is -1.46. The Kier molecular flexibility index (Phi) is 7.38. The average molecular weight is 403 g/mol. The Labute approximate surface area is 157 Å². The van der Waals surface area contributed by atoms with Crippen molar-refractivity contribution in [2.24, 2.45) is 5.92 Å². The Hall–Kier alpha value is -1.94. The maximum Gasteiger partial charge on any atom is 0.317 e. The zero-order valence-electron chi connectivity index (χ0n) is 14.6. The fourth-order valence-corrected chi connectivity index (χ4v) is 2.74. The third-order valence-corrected chi connectivity index (χ3v) is 4.56. The van der Waals surface area contributed by atoms with Crippen LogP contribution in [0.1, 0.15) is 41.3 Å². The van der Waals surface area contributed by atoms with E-state index >= 15 is 0 Å². The first-order chi connectivity index (χ1) is 12.0. The van der Waals surface area contributed by atoms with E-state index in [0.717, 1.165) is 28.4 Å². The maximum atomic E-state index is 12.9. The van der Waals surface area contributed by atoms with Crippen molar-refractivity contribution < 1.29 is 14.3 Å². The molecule has 0 fully saturated rings. The van der Waals surface area contributed by atoms with Crippen LogP contribution in [0.25, 0.3) is 0 Å². The van der Waals surface area contributed by atoms with Crippen molar-refractivity contribution in [1.82, 2.24) is 0 Å². The van der Waals surface area contributed by atoms with Crippen LogP contribution in [0.3, 0.4) is 0 Å². The van der Waals surface area contributed by atoms with Crippen molar-refractivity contribution in [2.45, 2.75) is 33.1 Å². The number of hydrogen-bond acceptors (Lipinski definition) is 3. The molecule has 0 amide bonds. The maximum absolute atomic E-state index is 12.9. The molecule has 0 bridgehead atoms. The Bertz CT molecular complexity index is 705. The number of ketones is 1. The van der Waals surface area contributed by atoms with E-state index in [4.69, 9.17) is 4.74 Å². The molecule has 0 aliphatic heterocycles. The first kappa shape index (κ1) is 19.4. The van der Waals surface area contributed by atoms with Gasteiger partial charge in [-0.2, -0.15) is 0 Å². The fourth-order valence-electron chi connectivity index (χ4n) is 2.48. The van der Waals surface area contributed by atoms with Crippen LogP contribution in [-0.4, -0.2) is 18.4 Å². The number of ether oxygens (including phenoxy) is 1. The summed E-state index contributed by atoms with van der Waals surface area (Å²) in [7, 11) is 0. The summed E-state index contributed by atoms with van der Waals surface area (Å²) in [5.41, 5.74) is 2.62. The summed E-state index contributed by atoms with van der Waals surface area (Å²) in [5, 5.41) is 0. The number of carbonyl (C=O) groups is 2. The van der Waals surface area contributed by atoms with Crippen molar-refractivity contribution in [3.05, 3.63) is 69.7 Å². The van der Waals surface area contributed by atoms with Crippen LogP contribution in [0, 0.1) is 12.8 Å². The smallest absolute Gasteiger partial charge is 0.317 e. The number of halogens is 1. The molecule has 2 aromatic carbocycles. The third kappa shape index (κ3) is 5.82. The molecule has 0 saturated heterocycles. The zero-order valence-corrected chi connectivity index (χ0v) is 16.2. The largest absolute Gasteiger partial charge is 0.465 e. The molecule has 0 N–H and O–H groups in total. The molecule has 0 spiro atoms. The van der Waals surface area contributed by atoms with Crippen LogP contribution in [0.2, 0.25) is 0 Å². The SMILES string of the molecule is CCCCOC(=O)C(Cc1ccc(C)cc1)C(=O)c1ccc(Br)cc1. The van der Waals surface area contributed by atoms with Gasteiger partial charge in [-0.05, 0) is 37.5 Å². The summed E-state index contributed by atoms with van der Waals surface area (Å²) in [6, 6.07) is 14.9. The number of carbonyl (C=O) groups excluding carboxylic acids is 2. The molecule has 0 heterocycles. The monoisotopic (exact) mass is 402 g/mol. The van der Waals surface area contributed by atoms with Gasteiger partial charge in [-0.1, -0.05) is 71.2 Å². The molecule has 2 aromatic rings. The van der Waals surface area contributed by atoms with Crippen LogP contribution in [0.4, 0.5) is 0 Å². The summed E-state index contributed by atoms with van der Waals surface area (Å²) in [6.07, 6.45) is 2.09. The molecule has 0 aliphatic rings. The van der Waals surface area contributed by atoms with Crippen molar-refractivity contribution >= 4 is 27.7 Å². The van der Waals surface area contributed by atoms with Crippen LogP contribution in [0.15, 0.2) is 53.0 Å². The fraction of sp³-hybridized carbons (Fsp3) is 0.333. The van der Waals surface area contributed by atoms with E-state index in [-0.39, 0.29) is 5.78 Å². The van der Waals surface area contributed by atoms with E-state index in [1.807, 2.05) is 38.1 Å². The predicted molar refractivity (Wildman–Crippen MR) is 103 cm³/mol. The minimum Gasteiger partial charge on any atom is -0.465 e. The highest BCUT2D eigenvalue weighted by Gasteiger charge is 2.29. The highest BCUT2D eigenvalue weighted by atomic mass is 79.9. The average Bonchev–Trinajstić information content (AvgIpc) is 2.61. The van der Waals surface area contributed by atoms with Gasteiger partial charge in [0.1, 0.15) is 5.92 Å². The van der Waals surface area contributed by atoms with Gasteiger partial charge in [0.25, 0.3) is 0 Å². The van der Waals surface area contributed by atoms with Crippen LogP contribution in [-0.2, 0) is 16.0 Å². The van der Waals surface area contributed by atoms with Crippen LogP contribution in [0.5, 0.6) is 0 Å². The number of rotatable bonds is 8. The molecule has 0 aliphatic carbocycles. The van der Waals surface area contributed by atoms with E-state index in [1.165, 1.54) is 0 Å². The highest BCUT2D eigenvalue weighted by Crippen LogP contribution is 2.19. The molecule has 1 unspecified atom stereocenters. The van der Waals surface area contributed by atoms with Gasteiger partial charge in [-0.3, -0.25) is 9.59 Å². The minimum absolute atomic E-state index is 0.199. The zero-order chi connectivity index (χ0) is 18.2. The molecule has 0 saturated carbocycles. The van der Waals surface area contributed by atoms with Gasteiger partial charge < -0.3 is 4.74 Å². The second kappa shape index (κ2) is 9.52. The molecule has 132 valence electrons. The number of Topliss-reactive ketones (excluding diaryl/α,β-unsaturated/α-hetero) is 1. The topological polar surface area (TPSA) is 43.4 Å². The van der Waals surface area contributed by atoms with E-state index in [0.29, 0.717) is 18.6 Å². The highest BCUT2D eigenvalue weighted by molar-refractivity contribution is 9.10. The van der Waals surface area contributed by atoms with Gasteiger partial charge in [-0.25, -0.2) is 0 Å². The van der Waals surface area contributed by atoms with Gasteiger partial charge >= 0.3 is 5.97 Å². The number of esters is 1. The number of hydrogen-bond donors (Lipinski definition) is 0. The van der Waals surface area contributed by atoms with Crippen LogP contribution < -0.4 is 0 Å². The quantitative estimate of drug-likeness (QED) is 0.265. The Morgan fingerprint density at radius 1 is 1.04 bits per heavy atom. The Morgan fingerprint density at radius 2 is 1.68 bits per heavy atom. The van der Waals surface area contributed by atoms with Gasteiger partial charge in [0.05, 0.1) is 6.61 Å². The summed E-state index contributed by atoms with van der Waals surface area (Å²) >= 11 is 3.36. The summed E-state index contributed by atoms with van der Waals surface area (Å²) < 4.78 is 6.23. The molecule has 0 aromatic heterocycles. The first-order valence-corrected chi connectivity index (χ1v) is 9.32. The second-order valence-corrected chi connectivity index (χ2v) is 7.05. The second-order valence-electron chi connectivity index (χ2n) is 6.13. The Balaban J connectivity index is 2.20. The van der Waals surface area contributed by atoms with Gasteiger partial charge in [0, 0.05) is 10.0 Å². The number of unbranched alkanes of at least 4 members (excludes halogenated alkanes) is 1. The molecular weight excluding hydrogens is 380 g/mol. The molecule has 0 radical (unpaired) electrons. The van der Waals surface area contributed by atoms with E-state index in [1.54, 1.807) is 24.3 Å². The van der Waals surface area contributed by atoms with Gasteiger partial charge in [0.15, 0.2) is 5.78 Å². The van der Waals surface area contributed by atoms with E-state index in [9.17, 15) is 9.59 Å². The molecule has 2 rings (SSSR count). The summed E-state index contributed by atoms with van der Waals surface area (Å²) in [4.78, 5) is 25.4. The normalized spacial score (nSPS) is 11.8. The lowest BCUT2D eigenvalue weighted by Gasteiger charge is -2.16. The van der Waals surface area contributed by atoms with Crippen molar-refractivity contribution in [1.29, 1.82) is 0 Å². The molecule has 4 heteroatoms. The lowest BCUT2D eigenvalue weighted by Crippen LogP contribution is -2.28. The summed E-state index contributed by atoms with van der Waals surface area (Å²) in [6.45, 7) is 4.39. The standard InChI is InChI=1S/C21H23BrO3/c1-3-4-13-25-21(24)19(14-16-7-5-15(2)6-8-16)20(23)17-9-11-18(22)12-10-17/h5-12,19H,3-4,13-14H2,1-2H3. The van der Waals surface area contributed by atoms with E-state index in [2.05, 4.69) is 15.9 Å². The first-order valence-electron chi connectivity index (χ1n) is 8.53. The number of benzene rings is 2. The molecule has 1 atom stereocenters. The van der Waals surface area contributed by atoms with E-state index < -0.39 is 11.9 Å². The van der Waals surface area contributed by atoms with Crippen molar-refractivity contribution in [2.75, 3.05) is 6.61 Å².